The number of fused-ring (bicyclic) bond motifs is 1. The van der Waals surface area contributed by atoms with Gasteiger partial charge in [-0.15, -0.1) is 0 Å². The molecule has 0 aliphatic heterocycles. The fourth-order valence-corrected chi connectivity index (χ4v) is 1.55. The predicted molar refractivity (Wildman–Crippen MR) is 78.6 cm³/mol. The van der Waals surface area contributed by atoms with E-state index < -0.39 is 0 Å². The number of pyridine rings is 1. The van der Waals surface area contributed by atoms with Crippen molar-refractivity contribution in [3.8, 4) is 0 Å². The van der Waals surface area contributed by atoms with Crippen molar-refractivity contribution < 1.29 is 0 Å². The molecule has 2 rings (SSSR count). The smallest absolute Gasteiger partial charge is 0.153 e. The lowest BCUT2D eigenvalue weighted by Crippen LogP contribution is -2.10. The third-order valence-corrected chi connectivity index (χ3v) is 3.21. The fourth-order valence-electron chi connectivity index (χ4n) is 1.35. The Bertz CT molecular complexity index is 566. The highest BCUT2D eigenvalue weighted by molar-refractivity contribution is 8.22. The van der Waals surface area contributed by atoms with Crippen LogP contribution in [0.25, 0.3) is 10.9 Å². The number of benzene rings is 1. The zero-order valence-corrected chi connectivity index (χ0v) is 10.9. The fraction of sp³-hybridized carbons (Fsp3) is 0.0833. The summed E-state index contributed by atoms with van der Waals surface area (Å²) in [6, 6.07) is 11.9. The molecule has 0 spiro atoms. The topological polar surface area (TPSA) is 37.3 Å². The molecule has 0 unspecified atom stereocenters. The van der Waals surface area contributed by atoms with Gasteiger partial charge < -0.3 is 0 Å². The molecule has 1 aromatic carbocycles. The minimum absolute atomic E-state index is 0.641. The number of thioether (sulfide) groups is 1. The maximum atomic E-state index is 4.97. The molecule has 0 fully saturated rings. The van der Waals surface area contributed by atoms with E-state index in [4.69, 9.17) is 12.2 Å². The van der Waals surface area contributed by atoms with Gasteiger partial charge >= 0.3 is 0 Å². The summed E-state index contributed by atoms with van der Waals surface area (Å²) in [6.07, 6.45) is 3.56. The first-order valence-electron chi connectivity index (χ1n) is 5.02. The van der Waals surface area contributed by atoms with Crippen LogP contribution >= 0.6 is 24.0 Å². The average molecular weight is 261 g/mol. The molecule has 5 heteroatoms. The van der Waals surface area contributed by atoms with Crippen molar-refractivity contribution in [1.82, 2.24) is 10.4 Å². The maximum Gasteiger partial charge on any atom is 0.153 e. The van der Waals surface area contributed by atoms with E-state index in [0.29, 0.717) is 4.32 Å². The summed E-state index contributed by atoms with van der Waals surface area (Å²) < 4.78 is 0.641. The normalized spacial score (nSPS) is 10.9. The number of nitrogens with zero attached hydrogens (tertiary/aromatic N) is 2. The van der Waals surface area contributed by atoms with Crippen LogP contribution in [0.5, 0.6) is 0 Å². The van der Waals surface area contributed by atoms with Crippen molar-refractivity contribution in [3.05, 3.63) is 42.1 Å². The van der Waals surface area contributed by atoms with E-state index in [1.165, 1.54) is 11.8 Å². The number of rotatable bonds is 2. The molecule has 0 aliphatic rings. The molecule has 2 aromatic rings. The maximum absolute atomic E-state index is 4.97. The van der Waals surface area contributed by atoms with Crippen molar-refractivity contribution in [3.63, 3.8) is 0 Å². The van der Waals surface area contributed by atoms with E-state index in [-0.39, 0.29) is 0 Å². The number of hydrogen-bond donors (Lipinski definition) is 1. The van der Waals surface area contributed by atoms with Crippen LogP contribution < -0.4 is 5.43 Å². The predicted octanol–water partition coefficient (Wildman–Crippen LogP) is 2.81. The monoisotopic (exact) mass is 261 g/mol. The molecular weight excluding hydrogens is 250 g/mol. The number of nitrogens with one attached hydrogen (secondary N) is 1. The van der Waals surface area contributed by atoms with Crippen LogP contribution in [0.1, 0.15) is 5.69 Å². The Kier molecular flexibility index (Phi) is 4.06. The van der Waals surface area contributed by atoms with Crippen LogP contribution in [-0.4, -0.2) is 21.8 Å². The lowest BCUT2D eigenvalue weighted by Gasteiger charge is -1.99. The number of thiocarbonyl (C=S) groups is 1. The third-order valence-electron chi connectivity index (χ3n) is 2.16. The zero-order chi connectivity index (χ0) is 12.1. The van der Waals surface area contributed by atoms with Gasteiger partial charge in [0.15, 0.2) is 4.32 Å². The molecule has 1 heterocycles. The molecule has 0 saturated carbocycles. The van der Waals surface area contributed by atoms with Gasteiger partial charge in [-0.05, 0) is 18.4 Å². The first-order valence-corrected chi connectivity index (χ1v) is 6.66. The second kappa shape index (κ2) is 5.75. The summed E-state index contributed by atoms with van der Waals surface area (Å²) >= 11 is 6.41. The van der Waals surface area contributed by atoms with E-state index in [9.17, 15) is 0 Å². The van der Waals surface area contributed by atoms with Crippen LogP contribution in [0.4, 0.5) is 0 Å². The Morgan fingerprint density at radius 1 is 1.35 bits per heavy atom. The van der Waals surface area contributed by atoms with Crippen molar-refractivity contribution in [1.29, 1.82) is 0 Å². The van der Waals surface area contributed by atoms with Gasteiger partial charge in [-0.2, -0.15) is 5.10 Å². The lowest BCUT2D eigenvalue weighted by atomic mass is 10.2. The minimum atomic E-state index is 0.641. The van der Waals surface area contributed by atoms with E-state index in [1.54, 1.807) is 6.21 Å². The molecule has 1 N–H and O–H groups in total. The van der Waals surface area contributed by atoms with Crippen LogP contribution in [-0.2, 0) is 0 Å². The van der Waals surface area contributed by atoms with Crippen molar-refractivity contribution in [2.75, 3.05) is 6.26 Å². The van der Waals surface area contributed by atoms with Gasteiger partial charge in [0.2, 0.25) is 0 Å². The number of hydrazone groups is 1. The van der Waals surface area contributed by atoms with Gasteiger partial charge in [-0.1, -0.05) is 48.2 Å². The molecule has 17 heavy (non-hydrogen) atoms. The van der Waals surface area contributed by atoms with E-state index in [1.807, 2.05) is 42.7 Å². The highest BCUT2D eigenvalue weighted by Gasteiger charge is 1.95. The van der Waals surface area contributed by atoms with Gasteiger partial charge in [0, 0.05) is 5.39 Å². The molecule has 0 bridgehead atoms. The third kappa shape index (κ3) is 3.25. The second-order valence-corrected chi connectivity index (χ2v) is 4.77. The van der Waals surface area contributed by atoms with Crippen molar-refractivity contribution in [2.45, 2.75) is 0 Å². The van der Waals surface area contributed by atoms with Gasteiger partial charge in [0.1, 0.15) is 0 Å². The number of aromatic nitrogens is 1. The SMILES string of the molecule is CSC(=S)N/N=C\c1ccc2ccccc2n1. The summed E-state index contributed by atoms with van der Waals surface area (Å²) in [5, 5.41) is 5.14. The molecule has 3 nitrogen and oxygen atoms in total. The zero-order valence-electron chi connectivity index (χ0n) is 9.25. The van der Waals surface area contributed by atoms with E-state index >= 15 is 0 Å². The summed E-state index contributed by atoms with van der Waals surface area (Å²) in [6.45, 7) is 0. The average Bonchev–Trinajstić information content (AvgIpc) is 2.38. The largest absolute Gasteiger partial charge is 0.262 e. The highest BCUT2D eigenvalue weighted by Crippen LogP contribution is 2.10. The van der Waals surface area contributed by atoms with Gasteiger partial charge in [0.25, 0.3) is 0 Å². The first kappa shape index (κ1) is 12.0. The molecule has 0 radical (unpaired) electrons. The molecule has 0 atom stereocenters. The number of hydrogen-bond acceptors (Lipinski definition) is 4. The summed E-state index contributed by atoms with van der Waals surface area (Å²) in [4.78, 5) is 4.46. The van der Waals surface area contributed by atoms with Crippen LogP contribution in [0.15, 0.2) is 41.5 Å². The van der Waals surface area contributed by atoms with Gasteiger partial charge in [-0.25, -0.2) is 4.98 Å². The second-order valence-electron chi connectivity index (χ2n) is 3.29. The molecule has 1 aromatic heterocycles. The molecule has 0 aliphatic carbocycles. The Labute approximate surface area is 109 Å². The summed E-state index contributed by atoms with van der Waals surface area (Å²) in [7, 11) is 0. The standard InChI is InChI=1S/C12H11N3S2/c1-17-12(16)15-13-8-10-7-6-9-4-2-3-5-11(9)14-10/h2-8H,1H3,(H,15,16)/b13-8-. The number of para-hydroxylation sites is 1. The Hall–Kier alpha value is -1.46. The highest BCUT2D eigenvalue weighted by atomic mass is 32.2. The Morgan fingerprint density at radius 3 is 3.00 bits per heavy atom. The lowest BCUT2D eigenvalue weighted by molar-refractivity contribution is 1.07. The van der Waals surface area contributed by atoms with Crippen LogP contribution in [0, 0.1) is 0 Å². The summed E-state index contributed by atoms with van der Waals surface area (Å²) in [5.41, 5.74) is 4.52. The molecule has 0 saturated heterocycles. The summed E-state index contributed by atoms with van der Waals surface area (Å²) in [5.74, 6) is 0. The Morgan fingerprint density at radius 2 is 2.18 bits per heavy atom. The molecule has 86 valence electrons. The first-order chi connectivity index (χ1) is 8.29. The van der Waals surface area contributed by atoms with E-state index in [0.717, 1.165) is 16.6 Å². The Balaban J connectivity index is 2.16. The van der Waals surface area contributed by atoms with Gasteiger partial charge in [-0.3, -0.25) is 5.43 Å². The van der Waals surface area contributed by atoms with Crippen LogP contribution in [0.2, 0.25) is 0 Å². The van der Waals surface area contributed by atoms with Crippen LogP contribution in [0.3, 0.4) is 0 Å². The van der Waals surface area contributed by atoms with E-state index in [2.05, 4.69) is 15.5 Å². The quantitative estimate of drug-likeness (QED) is 0.512. The van der Waals surface area contributed by atoms with Crippen molar-refractivity contribution in [2.24, 2.45) is 5.10 Å². The minimum Gasteiger partial charge on any atom is -0.262 e. The van der Waals surface area contributed by atoms with Crippen molar-refractivity contribution >= 4 is 45.4 Å². The van der Waals surface area contributed by atoms with Gasteiger partial charge in [0.05, 0.1) is 17.4 Å². The molecular formula is C12H11N3S2. The molecule has 0 amide bonds.